The maximum Gasteiger partial charge on any atom is 0.303 e. The Morgan fingerprint density at radius 1 is 1.20 bits per heavy atom. The smallest absolute Gasteiger partial charge is 0.303 e. The molecular formula is C18H26O2. The summed E-state index contributed by atoms with van der Waals surface area (Å²) in [5.74, 6) is 5.19. The minimum absolute atomic E-state index is 0.186. The predicted molar refractivity (Wildman–Crippen MR) is 85.4 cm³/mol. The molecule has 0 radical (unpaired) electrons. The summed E-state index contributed by atoms with van der Waals surface area (Å²) in [6.07, 6.45) is 10.0. The Bertz CT molecular complexity index is 577. The fourth-order valence-electron chi connectivity index (χ4n) is 1.34. The van der Waals surface area contributed by atoms with E-state index in [0.717, 1.165) is 6.42 Å². The molecule has 0 bridgehead atoms. The van der Waals surface area contributed by atoms with Crippen molar-refractivity contribution < 1.29 is 18.1 Å². The van der Waals surface area contributed by atoms with Crippen LogP contribution in [-0.4, -0.2) is 11.1 Å². The van der Waals surface area contributed by atoms with Gasteiger partial charge in [-0.3, -0.25) is 4.79 Å². The van der Waals surface area contributed by atoms with Gasteiger partial charge < -0.3 is 5.11 Å². The molecule has 0 aliphatic heterocycles. The van der Waals surface area contributed by atoms with Crippen LogP contribution in [0.3, 0.4) is 0 Å². The summed E-state index contributed by atoms with van der Waals surface area (Å²) in [5.41, 5.74) is 0. The van der Waals surface area contributed by atoms with Crippen LogP contribution in [0.15, 0.2) is 36.4 Å². The second-order valence-electron chi connectivity index (χ2n) is 4.05. The molecule has 0 aliphatic rings. The zero-order chi connectivity index (χ0) is 20.1. The van der Waals surface area contributed by atoms with Gasteiger partial charge in [0.25, 0.3) is 0 Å². The lowest BCUT2D eigenvalue weighted by Gasteiger charge is -1.90. The average molecular weight is 280 g/mol. The van der Waals surface area contributed by atoms with Gasteiger partial charge in [-0.25, -0.2) is 0 Å². The Kier molecular flexibility index (Phi) is 7.69. The van der Waals surface area contributed by atoms with Gasteiger partial charge in [-0.15, -0.1) is 5.92 Å². The van der Waals surface area contributed by atoms with E-state index in [1.807, 2.05) is 18.2 Å². The molecule has 0 saturated heterocycles. The number of carbonyl (C=O) groups is 1. The number of rotatable bonds is 10. The molecule has 0 rings (SSSR count). The monoisotopic (exact) mass is 280 g/mol. The lowest BCUT2D eigenvalue weighted by atomic mass is 10.2. The first-order chi connectivity index (χ1) is 12.1. The summed E-state index contributed by atoms with van der Waals surface area (Å²) in [7, 11) is 0. The van der Waals surface area contributed by atoms with Crippen LogP contribution >= 0.6 is 0 Å². The zero-order valence-corrected chi connectivity index (χ0v) is 11.7. The lowest BCUT2D eigenvalue weighted by molar-refractivity contribution is -0.137. The summed E-state index contributed by atoms with van der Waals surface area (Å²) in [6.45, 7) is -2.84. The molecule has 0 spiro atoms. The number of allylic oxidation sites excluding steroid dienone is 6. The predicted octanol–water partition coefficient (Wildman–Crippen LogP) is 4.88. The van der Waals surface area contributed by atoms with Crippen LogP contribution < -0.4 is 0 Å². The summed E-state index contributed by atoms with van der Waals surface area (Å²) in [6, 6.07) is -0.531. The quantitative estimate of drug-likeness (QED) is 0.351. The molecule has 0 amide bonds. The van der Waals surface area contributed by atoms with Gasteiger partial charge in [0.05, 0.1) is 1.37 Å². The lowest BCUT2D eigenvalue weighted by Crippen LogP contribution is -1.92. The van der Waals surface area contributed by atoms with Crippen LogP contribution in [0.5, 0.6) is 0 Å². The summed E-state index contributed by atoms with van der Waals surface area (Å²) < 4.78 is 43.7. The van der Waals surface area contributed by atoms with Gasteiger partial charge in [0, 0.05) is 26.1 Å². The van der Waals surface area contributed by atoms with Gasteiger partial charge in [0.2, 0.25) is 0 Å². The highest BCUT2D eigenvalue weighted by Crippen LogP contribution is 1.98. The van der Waals surface area contributed by atoms with E-state index < -0.39 is 25.2 Å². The van der Waals surface area contributed by atoms with Gasteiger partial charge in [0.1, 0.15) is 0 Å². The van der Waals surface area contributed by atoms with E-state index in [4.69, 9.17) is 13.3 Å². The van der Waals surface area contributed by atoms with Crippen molar-refractivity contribution in [2.75, 3.05) is 0 Å². The average Bonchev–Trinajstić information content (AvgIpc) is 2.53. The Hall–Kier alpha value is -1.75. The number of hydrogen-bond acceptors (Lipinski definition) is 1. The summed E-state index contributed by atoms with van der Waals surface area (Å²) in [4.78, 5) is 10.3. The molecular weight excluding hydrogens is 248 g/mol. The van der Waals surface area contributed by atoms with E-state index >= 15 is 0 Å². The van der Waals surface area contributed by atoms with Crippen molar-refractivity contribution in [2.45, 2.75) is 58.2 Å². The number of hydrogen-bond donors (Lipinski definition) is 1. The van der Waals surface area contributed by atoms with Gasteiger partial charge in [-0.05, 0) is 32.1 Å². The van der Waals surface area contributed by atoms with Crippen molar-refractivity contribution in [3.63, 3.8) is 0 Å². The fraction of sp³-hybridized carbons (Fsp3) is 0.500. The van der Waals surface area contributed by atoms with E-state index in [2.05, 4.69) is 11.8 Å². The number of unbranched alkanes of at least 4 members (excludes halogenated alkanes) is 2. The molecule has 0 aromatic rings. The van der Waals surface area contributed by atoms with E-state index in [-0.39, 0.29) is 6.42 Å². The van der Waals surface area contributed by atoms with E-state index in [0.29, 0.717) is 32.1 Å². The molecule has 2 nitrogen and oxygen atoms in total. The first-order valence-corrected chi connectivity index (χ1v) is 6.73. The van der Waals surface area contributed by atoms with Gasteiger partial charge in [-0.1, -0.05) is 49.2 Å². The number of aliphatic carboxylic acids is 1. The second-order valence-corrected chi connectivity index (χ2v) is 4.05. The largest absolute Gasteiger partial charge is 0.481 e. The first-order valence-electron chi connectivity index (χ1n) is 9.73. The SMILES string of the molecule is [2H]/C(=C/C/C=C\C/C=C\CC#CCCCCC(=O)O)C([2H])([2H])C([2H])([2H])[2H]. The van der Waals surface area contributed by atoms with Crippen molar-refractivity contribution in [1.29, 1.82) is 0 Å². The minimum atomic E-state index is -2.84. The van der Waals surface area contributed by atoms with Crippen molar-refractivity contribution >= 4 is 5.97 Å². The minimum Gasteiger partial charge on any atom is -0.481 e. The van der Waals surface area contributed by atoms with Crippen LogP contribution in [0.25, 0.3) is 0 Å². The van der Waals surface area contributed by atoms with Gasteiger partial charge in [0.15, 0.2) is 0 Å². The van der Waals surface area contributed by atoms with Crippen molar-refractivity contribution in [3.8, 4) is 11.8 Å². The topological polar surface area (TPSA) is 37.3 Å². The highest BCUT2D eigenvalue weighted by Gasteiger charge is 1.93. The fourth-order valence-corrected chi connectivity index (χ4v) is 1.34. The van der Waals surface area contributed by atoms with Crippen molar-refractivity contribution in [1.82, 2.24) is 0 Å². The van der Waals surface area contributed by atoms with Crippen LogP contribution in [0.2, 0.25) is 0 Å². The molecule has 2 heteroatoms. The maximum atomic E-state index is 10.3. The van der Waals surface area contributed by atoms with Gasteiger partial charge >= 0.3 is 5.97 Å². The highest BCUT2D eigenvalue weighted by molar-refractivity contribution is 5.66. The molecule has 110 valence electrons. The molecule has 0 unspecified atom stereocenters. The molecule has 0 saturated carbocycles. The second kappa shape index (κ2) is 15.3. The third kappa shape index (κ3) is 16.2. The Labute approximate surface area is 131 Å². The zero-order valence-electron chi connectivity index (χ0n) is 17.7. The molecule has 20 heavy (non-hydrogen) atoms. The standard InChI is InChI=1S/C18H26O2/c1-2-3-4-5-6-7-8-9-10-11-12-13-14-15-16-17-18(19)20/h3-4,6-7,9-10H,2,5,8,11,14-17H2,1H3,(H,19,20)/b4-3-,7-6-,10-9-/i1D3,2D2,3D. The van der Waals surface area contributed by atoms with E-state index in [1.165, 1.54) is 6.08 Å². The van der Waals surface area contributed by atoms with Crippen LogP contribution in [0.1, 0.15) is 66.4 Å². The Morgan fingerprint density at radius 3 is 2.70 bits per heavy atom. The maximum absolute atomic E-state index is 10.3. The van der Waals surface area contributed by atoms with Crippen LogP contribution in [0.4, 0.5) is 0 Å². The third-order valence-corrected chi connectivity index (χ3v) is 2.32. The van der Waals surface area contributed by atoms with Crippen LogP contribution in [-0.2, 0) is 4.79 Å². The van der Waals surface area contributed by atoms with Crippen molar-refractivity contribution in [3.05, 3.63) is 36.4 Å². The normalized spacial score (nSPS) is 17.5. The van der Waals surface area contributed by atoms with E-state index in [1.54, 1.807) is 6.08 Å². The summed E-state index contributed by atoms with van der Waals surface area (Å²) in [5, 5.41) is 8.48. The molecule has 0 aromatic carbocycles. The van der Waals surface area contributed by atoms with Crippen LogP contribution in [0, 0.1) is 11.8 Å². The van der Waals surface area contributed by atoms with E-state index in [9.17, 15) is 4.79 Å². The highest BCUT2D eigenvalue weighted by atomic mass is 16.4. The molecule has 0 aliphatic carbocycles. The first kappa shape index (κ1) is 10.0. The molecule has 0 heterocycles. The summed E-state index contributed by atoms with van der Waals surface area (Å²) >= 11 is 0. The van der Waals surface area contributed by atoms with Crippen molar-refractivity contribution in [2.24, 2.45) is 0 Å². The molecule has 0 aromatic heterocycles. The molecule has 1 N–H and O–H groups in total. The molecule has 0 fully saturated rings. The molecule has 0 atom stereocenters. The number of carboxylic acids is 1. The Balaban J connectivity index is 3.96. The number of carboxylic acid groups (broad SMARTS) is 1. The third-order valence-electron chi connectivity index (χ3n) is 2.32. The van der Waals surface area contributed by atoms with Gasteiger partial charge in [-0.2, -0.15) is 0 Å². The Morgan fingerprint density at radius 2 is 1.95 bits per heavy atom.